The molecule has 1 N–H and O–H groups in total. The van der Waals surface area contributed by atoms with Crippen molar-refractivity contribution < 1.29 is 4.39 Å². The van der Waals surface area contributed by atoms with Crippen LogP contribution in [0.1, 0.15) is 40.3 Å². The average molecular weight is 283 g/mol. The summed E-state index contributed by atoms with van der Waals surface area (Å²) in [5, 5.41) is 3.66. The summed E-state index contributed by atoms with van der Waals surface area (Å²) in [5.41, 5.74) is 6.55. The summed E-state index contributed by atoms with van der Waals surface area (Å²) in [6.07, 6.45) is 3.30. The number of rotatable bonds is 4. The topological polar surface area (TPSA) is 12.0 Å². The molecule has 0 aliphatic heterocycles. The molecule has 0 heterocycles. The van der Waals surface area contributed by atoms with Crippen molar-refractivity contribution in [2.45, 2.75) is 39.2 Å². The van der Waals surface area contributed by atoms with Gasteiger partial charge < -0.3 is 5.32 Å². The molecule has 0 saturated heterocycles. The van der Waals surface area contributed by atoms with Crippen molar-refractivity contribution in [1.29, 1.82) is 0 Å². The van der Waals surface area contributed by atoms with Crippen LogP contribution < -0.4 is 5.32 Å². The zero-order valence-electron chi connectivity index (χ0n) is 12.7. The molecule has 1 atom stereocenters. The Balaban J connectivity index is 1.61. The van der Waals surface area contributed by atoms with Gasteiger partial charge in [-0.25, -0.2) is 4.39 Å². The Morgan fingerprint density at radius 3 is 2.81 bits per heavy atom. The van der Waals surface area contributed by atoms with Gasteiger partial charge in [-0.05, 0) is 74.0 Å². The van der Waals surface area contributed by atoms with Crippen molar-refractivity contribution in [1.82, 2.24) is 5.32 Å². The van der Waals surface area contributed by atoms with Crippen LogP contribution in [-0.4, -0.2) is 6.54 Å². The normalized spacial score (nSPS) is 17.0. The van der Waals surface area contributed by atoms with Crippen LogP contribution >= 0.6 is 0 Å². The van der Waals surface area contributed by atoms with Gasteiger partial charge in [0.25, 0.3) is 0 Å². The predicted molar refractivity (Wildman–Crippen MR) is 85.1 cm³/mol. The van der Waals surface area contributed by atoms with E-state index >= 15 is 0 Å². The number of halogens is 1. The van der Waals surface area contributed by atoms with Crippen LogP contribution in [0.2, 0.25) is 0 Å². The van der Waals surface area contributed by atoms with Gasteiger partial charge in [-0.15, -0.1) is 0 Å². The maximum Gasteiger partial charge on any atom is 0.123 e. The second kappa shape index (κ2) is 5.98. The standard InChI is InChI=1S/C19H22FN/c1-13-3-4-16-6-8-19(18(16)11-13)21-10-9-15-5-7-17(20)12-14(15)2/h3-5,7,11-12,19,21H,6,8-10H2,1-2H3. The zero-order valence-corrected chi connectivity index (χ0v) is 12.7. The summed E-state index contributed by atoms with van der Waals surface area (Å²) in [6.45, 7) is 5.06. The molecule has 2 aromatic rings. The minimum absolute atomic E-state index is 0.149. The first-order valence-corrected chi connectivity index (χ1v) is 7.71. The highest BCUT2D eigenvalue weighted by Gasteiger charge is 2.21. The fourth-order valence-corrected chi connectivity index (χ4v) is 3.25. The Morgan fingerprint density at radius 2 is 2.00 bits per heavy atom. The fourth-order valence-electron chi connectivity index (χ4n) is 3.25. The van der Waals surface area contributed by atoms with Gasteiger partial charge in [0.15, 0.2) is 0 Å². The van der Waals surface area contributed by atoms with E-state index in [9.17, 15) is 4.39 Å². The minimum atomic E-state index is -0.149. The lowest BCUT2D eigenvalue weighted by Gasteiger charge is -2.15. The summed E-state index contributed by atoms with van der Waals surface area (Å²) in [5.74, 6) is -0.149. The number of hydrogen-bond acceptors (Lipinski definition) is 1. The molecule has 0 aromatic heterocycles. The molecular formula is C19H22FN. The van der Waals surface area contributed by atoms with Crippen molar-refractivity contribution in [3.8, 4) is 0 Å². The van der Waals surface area contributed by atoms with E-state index in [0.717, 1.165) is 18.5 Å². The van der Waals surface area contributed by atoms with Gasteiger partial charge in [0.1, 0.15) is 5.82 Å². The highest BCUT2D eigenvalue weighted by atomic mass is 19.1. The molecule has 110 valence electrons. The van der Waals surface area contributed by atoms with Gasteiger partial charge in [0.2, 0.25) is 0 Å². The first kappa shape index (κ1) is 14.3. The van der Waals surface area contributed by atoms with E-state index in [0.29, 0.717) is 6.04 Å². The Kier molecular flexibility index (Phi) is 4.07. The third kappa shape index (κ3) is 3.16. The van der Waals surface area contributed by atoms with Gasteiger partial charge in [-0.1, -0.05) is 29.8 Å². The van der Waals surface area contributed by atoms with Crippen LogP contribution in [0, 0.1) is 19.7 Å². The van der Waals surface area contributed by atoms with Crippen LogP contribution in [0.15, 0.2) is 36.4 Å². The minimum Gasteiger partial charge on any atom is -0.310 e. The first-order valence-electron chi connectivity index (χ1n) is 7.71. The van der Waals surface area contributed by atoms with Gasteiger partial charge >= 0.3 is 0 Å². The summed E-state index contributed by atoms with van der Waals surface area (Å²) >= 11 is 0. The van der Waals surface area contributed by atoms with E-state index in [4.69, 9.17) is 0 Å². The third-order valence-electron chi connectivity index (χ3n) is 4.47. The van der Waals surface area contributed by atoms with Crippen LogP contribution in [-0.2, 0) is 12.8 Å². The lowest BCUT2D eigenvalue weighted by atomic mass is 10.0. The average Bonchev–Trinajstić information content (AvgIpc) is 2.84. The first-order chi connectivity index (χ1) is 10.1. The molecule has 0 amide bonds. The van der Waals surface area contributed by atoms with Crippen molar-refractivity contribution >= 4 is 0 Å². The Bertz CT molecular complexity index is 648. The summed E-state index contributed by atoms with van der Waals surface area (Å²) in [4.78, 5) is 0. The number of aryl methyl sites for hydroxylation is 3. The molecule has 1 aliphatic carbocycles. The van der Waals surface area contributed by atoms with Crippen molar-refractivity contribution in [2.24, 2.45) is 0 Å². The van der Waals surface area contributed by atoms with Crippen LogP contribution in [0.4, 0.5) is 4.39 Å². The quantitative estimate of drug-likeness (QED) is 0.884. The number of hydrogen-bond donors (Lipinski definition) is 1. The maximum absolute atomic E-state index is 13.1. The molecule has 21 heavy (non-hydrogen) atoms. The molecule has 0 radical (unpaired) electrons. The molecular weight excluding hydrogens is 261 g/mol. The van der Waals surface area contributed by atoms with Crippen LogP contribution in [0.25, 0.3) is 0 Å². The third-order valence-corrected chi connectivity index (χ3v) is 4.47. The lowest BCUT2D eigenvalue weighted by Crippen LogP contribution is -2.22. The summed E-state index contributed by atoms with van der Waals surface area (Å²) in [7, 11) is 0. The van der Waals surface area contributed by atoms with Crippen molar-refractivity contribution in [3.63, 3.8) is 0 Å². The summed E-state index contributed by atoms with van der Waals surface area (Å²) in [6, 6.07) is 12.3. The molecule has 0 saturated carbocycles. The van der Waals surface area contributed by atoms with Crippen LogP contribution in [0.5, 0.6) is 0 Å². The van der Waals surface area contributed by atoms with E-state index in [1.807, 2.05) is 13.0 Å². The summed E-state index contributed by atoms with van der Waals surface area (Å²) < 4.78 is 13.1. The van der Waals surface area contributed by atoms with Gasteiger partial charge in [-0.2, -0.15) is 0 Å². The van der Waals surface area contributed by atoms with E-state index in [1.54, 1.807) is 12.1 Å². The molecule has 0 spiro atoms. The van der Waals surface area contributed by atoms with E-state index in [2.05, 4.69) is 30.4 Å². The molecule has 3 rings (SSSR count). The molecule has 1 unspecified atom stereocenters. The smallest absolute Gasteiger partial charge is 0.123 e. The zero-order chi connectivity index (χ0) is 14.8. The number of fused-ring (bicyclic) bond motifs is 1. The molecule has 1 nitrogen and oxygen atoms in total. The lowest BCUT2D eigenvalue weighted by molar-refractivity contribution is 0.533. The highest BCUT2D eigenvalue weighted by molar-refractivity contribution is 5.37. The van der Waals surface area contributed by atoms with Gasteiger partial charge in [0, 0.05) is 6.04 Å². The number of nitrogens with one attached hydrogen (secondary N) is 1. The second-order valence-electron chi connectivity index (χ2n) is 6.07. The largest absolute Gasteiger partial charge is 0.310 e. The van der Waals surface area contributed by atoms with E-state index in [1.165, 1.54) is 35.1 Å². The number of benzene rings is 2. The molecule has 1 aliphatic rings. The SMILES string of the molecule is Cc1ccc2c(c1)C(NCCc1ccc(F)cc1C)CC2. The Labute approximate surface area is 126 Å². The van der Waals surface area contributed by atoms with Gasteiger partial charge in [-0.3, -0.25) is 0 Å². The van der Waals surface area contributed by atoms with Crippen molar-refractivity contribution in [3.05, 3.63) is 70.0 Å². The molecule has 2 heteroatoms. The fraction of sp³-hybridized carbons (Fsp3) is 0.368. The monoisotopic (exact) mass is 283 g/mol. The predicted octanol–water partition coefficient (Wildman–Crippen LogP) is 4.26. The van der Waals surface area contributed by atoms with E-state index in [-0.39, 0.29) is 5.82 Å². The van der Waals surface area contributed by atoms with Crippen molar-refractivity contribution in [2.75, 3.05) is 6.54 Å². The maximum atomic E-state index is 13.1. The second-order valence-corrected chi connectivity index (χ2v) is 6.07. The Morgan fingerprint density at radius 1 is 1.14 bits per heavy atom. The van der Waals surface area contributed by atoms with E-state index < -0.39 is 0 Å². The molecule has 2 aromatic carbocycles. The highest BCUT2D eigenvalue weighted by Crippen LogP contribution is 2.31. The van der Waals surface area contributed by atoms with Crippen LogP contribution in [0.3, 0.4) is 0 Å². The molecule has 0 fully saturated rings. The van der Waals surface area contributed by atoms with Gasteiger partial charge in [0.05, 0.1) is 0 Å². The molecule has 0 bridgehead atoms. The Hall–Kier alpha value is -1.67.